The molecule has 0 aliphatic heterocycles. The van der Waals surface area contributed by atoms with Crippen LogP contribution in [0.2, 0.25) is 0 Å². The Balaban J connectivity index is 3.03. The van der Waals surface area contributed by atoms with Crippen molar-refractivity contribution < 1.29 is 9.90 Å². The van der Waals surface area contributed by atoms with Gasteiger partial charge in [-0.2, -0.15) is 0 Å². The van der Waals surface area contributed by atoms with Gasteiger partial charge in [-0.3, -0.25) is 0 Å². The summed E-state index contributed by atoms with van der Waals surface area (Å²) in [4.78, 5) is 10.9. The second-order valence-corrected chi connectivity index (χ2v) is 6.65. The van der Waals surface area contributed by atoms with Gasteiger partial charge in [-0.1, -0.05) is 31.6 Å². The summed E-state index contributed by atoms with van der Waals surface area (Å²) in [5, 5.41) is 8.93. The van der Waals surface area contributed by atoms with Gasteiger partial charge in [-0.05, 0) is 72.3 Å². The quantitative estimate of drug-likeness (QED) is 0.443. The van der Waals surface area contributed by atoms with Crippen LogP contribution in [0.15, 0.2) is 32.5 Å². The number of rotatable bonds is 3. The van der Waals surface area contributed by atoms with Gasteiger partial charge < -0.3 is 5.11 Å². The Kier molecular flexibility index (Phi) is 5.20. The topological polar surface area (TPSA) is 37.3 Å². The monoisotopic (exact) mass is 360 g/mol. The molecule has 1 N–H and O–H groups in total. The van der Waals surface area contributed by atoms with Gasteiger partial charge in [-0.15, -0.1) is 0 Å². The molecule has 2 nitrogen and oxygen atoms in total. The molecular formula is C15H21IO2. The highest BCUT2D eigenvalue weighted by Gasteiger charge is 2.26. The fourth-order valence-corrected chi connectivity index (χ4v) is 2.64. The van der Waals surface area contributed by atoms with Gasteiger partial charge in [0, 0.05) is 0 Å². The van der Waals surface area contributed by atoms with E-state index in [9.17, 15) is 4.79 Å². The van der Waals surface area contributed by atoms with E-state index in [0.717, 1.165) is 12.0 Å². The van der Waals surface area contributed by atoms with Gasteiger partial charge in [0.25, 0.3) is 0 Å². The van der Waals surface area contributed by atoms with Gasteiger partial charge in [0.2, 0.25) is 0 Å². The van der Waals surface area contributed by atoms with Crippen LogP contribution in [-0.4, -0.2) is 11.1 Å². The largest absolute Gasteiger partial charge is 0.477 e. The molecule has 1 aliphatic carbocycles. The molecule has 0 aromatic carbocycles. The van der Waals surface area contributed by atoms with E-state index in [4.69, 9.17) is 5.11 Å². The van der Waals surface area contributed by atoms with E-state index in [1.54, 1.807) is 0 Å². The van der Waals surface area contributed by atoms with Gasteiger partial charge in [-0.25, -0.2) is 4.79 Å². The van der Waals surface area contributed by atoms with E-state index in [1.807, 2.05) is 35.6 Å². The van der Waals surface area contributed by atoms with Crippen LogP contribution in [0, 0.1) is 5.41 Å². The van der Waals surface area contributed by atoms with Crippen molar-refractivity contribution in [2.75, 3.05) is 0 Å². The fourth-order valence-electron chi connectivity index (χ4n) is 2.46. The van der Waals surface area contributed by atoms with E-state index < -0.39 is 5.97 Å². The normalized spacial score (nSPS) is 21.2. The van der Waals surface area contributed by atoms with Crippen LogP contribution in [0.5, 0.6) is 0 Å². The maximum absolute atomic E-state index is 10.9. The van der Waals surface area contributed by atoms with Crippen LogP contribution < -0.4 is 0 Å². The van der Waals surface area contributed by atoms with E-state index in [2.05, 4.69) is 26.8 Å². The van der Waals surface area contributed by atoms with Gasteiger partial charge in [0.15, 0.2) is 0 Å². The smallest absolute Gasteiger partial charge is 0.342 e. The van der Waals surface area contributed by atoms with Gasteiger partial charge >= 0.3 is 5.97 Å². The summed E-state index contributed by atoms with van der Waals surface area (Å²) in [5.41, 5.74) is 3.81. The van der Waals surface area contributed by atoms with E-state index in [-0.39, 0.29) is 5.41 Å². The molecule has 0 saturated heterocycles. The zero-order valence-corrected chi connectivity index (χ0v) is 13.7. The number of hydrogen-bond donors (Lipinski definition) is 1. The number of carbonyl (C=O) groups is 1. The first-order valence-corrected chi connectivity index (χ1v) is 7.31. The Bertz CT molecular complexity index is 439. The van der Waals surface area contributed by atoms with Crippen molar-refractivity contribution in [2.24, 2.45) is 5.41 Å². The summed E-state index contributed by atoms with van der Waals surface area (Å²) in [7, 11) is 0. The Morgan fingerprint density at radius 2 is 2.06 bits per heavy atom. The summed E-state index contributed by atoms with van der Waals surface area (Å²) >= 11 is 1.88. The molecule has 0 aromatic heterocycles. The lowest BCUT2D eigenvalue weighted by Crippen LogP contribution is -2.19. The molecule has 0 heterocycles. The SMILES string of the molecule is CC1=C(/C=C/C(C)=C(/I)C(=O)O)C(C)(C)CCC1. The van der Waals surface area contributed by atoms with Crippen molar-refractivity contribution in [3.05, 3.63) is 32.5 Å². The zero-order valence-electron chi connectivity index (χ0n) is 11.5. The first kappa shape index (κ1) is 15.5. The number of carboxylic acids is 1. The van der Waals surface area contributed by atoms with Crippen LogP contribution in [-0.2, 0) is 4.79 Å². The summed E-state index contributed by atoms with van der Waals surface area (Å²) in [6.45, 7) is 8.55. The molecule has 0 radical (unpaired) electrons. The molecule has 0 saturated carbocycles. The first-order valence-electron chi connectivity index (χ1n) is 6.23. The molecule has 0 fully saturated rings. The molecule has 0 spiro atoms. The average molecular weight is 360 g/mol. The Morgan fingerprint density at radius 3 is 2.56 bits per heavy atom. The van der Waals surface area contributed by atoms with Gasteiger partial charge in [0.1, 0.15) is 3.58 Å². The van der Waals surface area contributed by atoms with E-state index in [1.165, 1.54) is 24.0 Å². The Hall–Kier alpha value is -0.580. The molecule has 0 atom stereocenters. The lowest BCUT2D eigenvalue weighted by atomic mass is 9.72. The van der Waals surface area contributed by atoms with Crippen LogP contribution in [0.25, 0.3) is 0 Å². The summed E-state index contributed by atoms with van der Waals surface area (Å²) in [5.74, 6) is -0.855. The molecule has 1 rings (SSSR count). The average Bonchev–Trinajstić information content (AvgIpc) is 2.25. The van der Waals surface area contributed by atoms with Crippen LogP contribution in [0.1, 0.15) is 47.0 Å². The van der Waals surface area contributed by atoms with Crippen LogP contribution in [0.3, 0.4) is 0 Å². The molecule has 18 heavy (non-hydrogen) atoms. The minimum Gasteiger partial charge on any atom is -0.477 e. The highest BCUT2D eigenvalue weighted by molar-refractivity contribution is 14.1. The molecular weight excluding hydrogens is 339 g/mol. The second-order valence-electron chi connectivity index (χ2n) is 5.57. The van der Waals surface area contributed by atoms with Crippen molar-refractivity contribution in [3.63, 3.8) is 0 Å². The summed E-state index contributed by atoms with van der Waals surface area (Å²) < 4.78 is 0.385. The molecule has 100 valence electrons. The third-order valence-electron chi connectivity index (χ3n) is 3.58. The maximum atomic E-state index is 10.9. The maximum Gasteiger partial charge on any atom is 0.342 e. The number of halogens is 1. The molecule has 1 aliphatic rings. The first-order chi connectivity index (χ1) is 8.25. The lowest BCUT2D eigenvalue weighted by molar-refractivity contribution is -0.131. The van der Waals surface area contributed by atoms with E-state index >= 15 is 0 Å². The predicted molar refractivity (Wildman–Crippen MR) is 83.8 cm³/mol. The second kappa shape index (κ2) is 6.04. The minimum absolute atomic E-state index is 0.202. The van der Waals surface area contributed by atoms with E-state index in [0.29, 0.717) is 3.58 Å². The third kappa shape index (κ3) is 3.70. The Labute approximate surface area is 123 Å². The van der Waals surface area contributed by atoms with Crippen LogP contribution >= 0.6 is 22.6 Å². The molecule has 0 unspecified atom stereocenters. The number of aliphatic carboxylic acids is 1. The molecule has 0 aromatic rings. The number of carboxylic acid groups (broad SMARTS) is 1. The number of hydrogen-bond acceptors (Lipinski definition) is 1. The summed E-state index contributed by atoms with van der Waals surface area (Å²) in [6, 6.07) is 0. The third-order valence-corrected chi connectivity index (χ3v) is 4.89. The fraction of sp³-hybridized carbons (Fsp3) is 0.533. The van der Waals surface area contributed by atoms with Crippen molar-refractivity contribution in [2.45, 2.75) is 47.0 Å². The molecule has 0 amide bonds. The lowest BCUT2D eigenvalue weighted by Gasteiger charge is -2.32. The molecule has 0 bridgehead atoms. The van der Waals surface area contributed by atoms with Crippen molar-refractivity contribution in [1.82, 2.24) is 0 Å². The van der Waals surface area contributed by atoms with Crippen molar-refractivity contribution in [1.29, 1.82) is 0 Å². The minimum atomic E-state index is -0.855. The summed E-state index contributed by atoms with van der Waals surface area (Å²) in [6.07, 6.45) is 7.63. The van der Waals surface area contributed by atoms with Crippen LogP contribution in [0.4, 0.5) is 0 Å². The zero-order chi connectivity index (χ0) is 13.9. The molecule has 3 heteroatoms. The highest BCUT2D eigenvalue weighted by Crippen LogP contribution is 2.40. The Morgan fingerprint density at radius 1 is 1.44 bits per heavy atom. The number of allylic oxidation sites excluding steroid dienone is 5. The predicted octanol–water partition coefficient (Wildman–Crippen LogP) is 4.86. The highest BCUT2D eigenvalue weighted by atomic mass is 127. The van der Waals surface area contributed by atoms with Gasteiger partial charge in [0.05, 0.1) is 0 Å². The standard InChI is InChI=1S/C15H21IO2/c1-10-6-5-9-15(3,4)12(10)8-7-11(2)13(16)14(17)18/h7-8H,5-6,9H2,1-4H3,(H,17,18)/b8-7+,13-11+. The van der Waals surface area contributed by atoms with Crippen molar-refractivity contribution >= 4 is 28.6 Å². The van der Waals surface area contributed by atoms with Crippen molar-refractivity contribution in [3.8, 4) is 0 Å².